The van der Waals surface area contributed by atoms with Crippen molar-refractivity contribution >= 4 is 58.0 Å². The predicted octanol–water partition coefficient (Wildman–Crippen LogP) is 8.67. The van der Waals surface area contributed by atoms with E-state index in [1.807, 2.05) is 41.3 Å². The number of rotatable bonds is 8. The number of carboxylic acids is 1. The number of ether oxygens (including phenoxy) is 1. The van der Waals surface area contributed by atoms with Gasteiger partial charge in [-0.25, -0.2) is 9.18 Å². The summed E-state index contributed by atoms with van der Waals surface area (Å²) in [5, 5.41) is 10.9. The second kappa shape index (κ2) is 10.6. The number of carbonyl (C=O) groups is 1. The SMILES string of the molecule is O=C(O)c1cc(F)cc(N2CC(c3ccc(OCc4c(-c5c(Cl)cccc5Cl)nsc4C4CC4)cc3Cl)C2)c1. The average molecular weight is 604 g/mol. The summed E-state index contributed by atoms with van der Waals surface area (Å²) in [4.78, 5) is 14.4. The summed E-state index contributed by atoms with van der Waals surface area (Å²) in [5.74, 6) is -0.456. The van der Waals surface area contributed by atoms with Crippen LogP contribution >= 0.6 is 46.3 Å². The largest absolute Gasteiger partial charge is 0.489 e. The molecule has 10 heteroatoms. The van der Waals surface area contributed by atoms with E-state index in [1.165, 1.54) is 28.5 Å². The molecule has 4 aromatic rings. The predicted molar refractivity (Wildman–Crippen MR) is 154 cm³/mol. The van der Waals surface area contributed by atoms with Crippen LogP contribution in [-0.2, 0) is 6.61 Å². The zero-order valence-electron chi connectivity index (χ0n) is 20.5. The van der Waals surface area contributed by atoms with Crippen LogP contribution in [0.25, 0.3) is 11.3 Å². The van der Waals surface area contributed by atoms with Gasteiger partial charge in [0.05, 0.1) is 21.3 Å². The summed E-state index contributed by atoms with van der Waals surface area (Å²) in [6.07, 6.45) is 2.27. The van der Waals surface area contributed by atoms with E-state index in [1.54, 1.807) is 0 Å². The summed E-state index contributed by atoms with van der Waals surface area (Å²) >= 11 is 21.1. The summed E-state index contributed by atoms with van der Waals surface area (Å²) in [6, 6.07) is 14.9. The Morgan fingerprint density at radius 1 is 1.03 bits per heavy atom. The van der Waals surface area contributed by atoms with Crippen LogP contribution in [0.4, 0.5) is 10.1 Å². The number of benzene rings is 3. The summed E-state index contributed by atoms with van der Waals surface area (Å²) < 4.78 is 24.8. The van der Waals surface area contributed by atoms with Crippen LogP contribution < -0.4 is 9.64 Å². The molecule has 1 N–H and O–H groups in total. The number of aromatic nitrogens is 1. The molecule has 0 amide bonds. The Balaban J connectivity index is 1.17. The Labute approximate surface area is 243 Å². The number of aromatic carboxylic acids is 1. The maximum atomic E-state index is 13.9. The van der Waals surface area contributed by atoms with Crippen molar-refractivity contribution in [1.29, 1.82) is 0 Å². The molecule has 0 unspecified atom stereocenters. The van der Waals surface area contributed by atoms with Gasteiger partial charge in [0.2, 0.25) is 0 Å². The van der Waals surface area contributed by atoms with Crippen LogP contribution in [0.3, 0.4) is 0 Å². The highest BCUT2D eigenvalue weighted by Crippen LogP contribution is 2.48. The molecule has 2 aliphatic rings. The summed E-state index contributed by atoms with van der Waals surface area (Å²) in [6.45, 7) is 1.53. The number of nitrogens with zero attached hydrogens (tertiary/aromatic N) is 2. The zero-order valence-corrected chi connectivity index (χ0v) is 23.5. The lowest BCUT2D eigenvalue weighted by Crippen LogP contribution is -2.45. The molecule has 0 radical (unpaired) electrons. The fourth-order valence-corrected chi connectivity index (χ4v) is 6.84. The standard InChI is InChI=1S/C29H22Cl3FN2O3S/c30-23-2-1-3-24(31)26(23)27-22(28(39-34-27)15-4-5-15)14-38-20-6-7-21(25(32)11-20)17-12-35(13-17)19-9-16(29(36)37)8-18(33)10-19/h1-3,6-11,15,17H,4-5,12-14H2,(H,36,37). The van der Waals surface area contributed by atoms with Crippen LogP contribution in [0.1, 0.15) is 51.0 Å². The van der Waals surface area contributed by atoms with Gasteiger partial charge in [-0.15, -0.1) is 0 Å². The Hall–Kier alpha value is -2.84. The smallest absolute Gasteiger partial charge is 0.335 e. The average Bonchev–Trinajstić information content (AvgIpc) is 3.63. The molecule has 1 aliphatic carbocycles. The second-order valence-electron chi connectivity index (χ2n) is 9.82. The molecule has 200 valence electrons. The molecule has 1 aliphatic heterocycles. The number of hydrogen-bond donors (Lipinski definition) is 1. The zero-order chi connectivity index (χ0) is 27.3. The van der Waals surface area contributed by atoms with Gasteiger partial charge in [-0.05, 0) is 78.3 Å². The topological polar surface area (TPSA) is 62.7 Å². The maximum Gasteiger partial charge on any atom is 0.335 e. The van der Waals surface area contributed by atoms with Gasteiger partial charge in [-0.2, -0.15) is 4.37 Å². The molecule has 2 heterocycles. The van der Waals surface area contributed by atoms with Crippen molar-refractivity contribution in [2.45, 2.75) is 31.3 Å². The summed E-state index contributed by atoms with van der Waals surface area (Å²) in [5.41, 5.74) is 3.93. The number of anilines is 1. The maximum absolute atomic E-state index is 13.9. The summed E-state index contributed by atoms with van der Waals surface area (Å²) in [7, 11) is 0. The van der Waals surface area contributed by atoms with E-state index in [0.717, 1.165) is 41.3 Å². The monoisotopic (exact) mass is 602 g/mol. The Kier molecular flexibility index (Phi) is 7.18. The third-order valence-electron chi connectivity index (χ3n) is 7.14. The molecule has 2 fully saturated rings. The van der Waals surface area contributed by atoms with Gasteiger partial charge in [0.25, 0.3) is 0 Å². The lowest BCUT2D eigenvalue weighted by Gasteiger charge is -2.41. The Morgan fingerprint density at radius 2 is 1.77 bits per heavy atom. The molecule has 1 aromatic heterocycles. The molecule has 0 bridgehead atoms. The number of halogens is 4. The van der Waals surface area contributed by atoms with Crippen molar-refractivity contribution in [3.8, 4) is 17.0 Å². The van der Waals surface area contributed by atoms with E-state index in [0.29, 0.717) is 52.1 Å². The van der Waals surface area contributed by atoms with Crippen molar-refractivity contribution in [2.75, 3.05) is 18.0 Å². The van der Waals surface area contributed by atoms with E-state index < -0.39 is 11.8 Å². The Bertz CT molecular complexity index is 1560. The highest BCUT2D eigenvalue weighted by molar-refractivity contribution is 7.06. The van der Waals surface area contributed by atoms with Gasteiger partial charge >= 0.3 is 5.97 Å². The van der Waals surface area contributed by atoms with Crippen LogP contribution in [0.2, 0.25) is 15.1 Å². The first-order valence-corrected chi connectivity index (χ1v) is 14.3. The van der Waals surface area contributed by atoms with Gasteiger partial charge in [0, 0.05) is 45.7 Å². The van der Waals surface area contributed by atoms with Crippen molar-refractivity contribution in [3.05, 3.63) is 97.0 Å². The first-order chi connectivity index (χ1) is 18.8. The molecule has 0 spiro atoms. The minimum Gasteiger partial charge on any atom is -0.489 e. The molecular formula is C29H22Cl3FN2O3S. The van der Waals surface area contributed by atoms with Crippen molar-refractivity contribution in [3.63, 3.8) is 0 Å². The van der Waals surface area contributed by atoms with E-state index in [2.05, 4.69) is 0 Å². The normalized spacial score (nSPS) is 15.3. The second-order valence-corrected chi connectivity index (χ2v) is 11.8. The highest BCUT2D eigenvalue weighted by atomic mass is 35.5. The van der Waals surface area contributed by atoms with Crippen molar-refractivity contribution in [2.24, 2.45) is 0 Å². The molecule has 3 aromatic carbocycles. The van der Waals surface area contributed by atoms with Gasteiger partial charge in [-0.1, -0.05) is 46.9 Å². The lowest BCUT2D eigenvalue weighted by molar-refractivity contribution is 0.0696. The lowest BCUT2D eigenvalue weighted by atomic mass is 9.90. The fourth-order valence-electron chi connectivity index (χ4n) is 4.90. The van der Waals surface area contributed by atoms with Gasteiger partial charge in [0.1, 0.15) is 18.2 Å². The van der Waals surface area contributed by atoms with Crippen LogP contribution in [0.15, 0.2) is 54.6 Å². The van der Waals surface area contributed by atoms with Gasteiger partial charge in [-0.3, -0.25) is 0 Å². The minimum absolute atomic E-state index is 0.0707. The molecule has 1 saturated heterocycles. The quantitative estimate of drug-likeness (QED) is 0.218. The fraction of sp³-hybridized carbons (Fsp3) is 0.241. The number of carboxylic acid groups (broad SMARTS) is 1. The third kappa shape index (κ3) is 5.33. The minimum atomic E-state index is -1.16. The first kappa shape index (κ1) is 26.4. The molecule has 39 heavy (non-hydrogen) atoms. The van der Waals surface area contributed by atoms with E-state index in [9.17, 15) is 14.3 Å². The Morgan fingerprint density at radius 3 is 2.44 bits per heavy atom. The van der Waals surface area contributed by atoms with E-state index in [-0.39, 0.29) is 11.5 Å². The number of hydrogen-bond acceptors (Lipinski definition) is 5. The first-order valence-electron chi connectivity index (χ1n) is 12.4. The molecule has 0 atom stereocenters. The van der Waals surface area contributed by atoms with Crippen LogP contribution in [-0.4, -0.2) is 28.5 Å². The third-order valence-corrected chi connectivity index (χ3v) is 9.14. The van der Waals surface area contributed by atoms with Gasteiger partial charge < -0.3 is 14.7 Å². The molecule has 1 saturated carbocycles. The van der Waals surface area contributed by atoms with Gasteiger partial charge in [0.15, 0.2) is 0 Å². The van der Waals surface area contributed by atoms with Crippen molar-refractivity contribution in [1.82, 2.24) is 4.37 Å². The van der Waals surface area contributed by atoms with Crippen LogP contribution in [0.5, 0.6) is 5.75 Å². The molecule has 5 nitrogen and oxygen atoms in total. The molecular weight excluding hydrogens is 582 g/mol. The van der Waals surface area contributed by atoms with Crippen molar-refractivity contribution < 1.29 is 19.0 Å². The molecule has 6 rings (SSSR count). The van der Waals surface area contributed by atoms with E-state index in [4.69, 9.17) is 43.9 Å². The van der Waals surface area contributed by atoms with Crippen LogP contribution in [0, 0.1) is 5.82 Å². The van der Waals surface area contributed by atoms with E-state index >= 15 is 0 Å². The highest BCUT2D eigenvalue weighted by Gasteiger charge is 2.32.